The molecule has 0 unspecified atom stereocenters. The number of likely N-dealkylation sites (tertiary alicyclic amines) is 1. The van der Waals surface area contributed by atoms with E-state index in [1.54, 1.807) is 4.90 Å². The van der Waals surface area contributed by atoms with Crippen LogP contribution in [-0.2, 0) is 13.0 Å². The van der Waals surface area contributed by atoms with Gasteiger partial charge in [0, 0.05) is 24.1 Å². The Bertz CT molecular complexity index is 681. The minimum atomic E-state index is 0.883. The molecule has 4 rings (SSSR count). The van der Waals surface area contributed by atoms with Crippen LogP contribution in [0.25, 0.3) is 0 Å². The smallest absolute Gasteiger partial charge is 0.103 e. The summed E-state index contributed by atoms with van der Waals surface area (Å²) in [5, 5.41) is 0. The number of para-hydroxylation sites is 1. The summed E-state index contributed by atoms with van der Waals surface area (Å²) >= 11 is 0. The second-order valence-electron chi connectivity index (χ2n) is 8.35. The van der Waals surface area contributed by atoms with E-state index in [9.17, 15) is 0 Å². The van der Waals surface area contributed by atoms with E-state index < -0.39 is 0 Å². The summed E-state index contributed by atoms with van der Waals surface area (Å²) in [7, 11) is 0. The zero-order chi connectivity index (χ0) is 18.5. The molecule has 0 atom stereocenters. The number of benzene rings is 2. The Kier molecular flexibility index (Phi) is 6.10. The highest BCUT2D eigenvalue weighted by Crippen LogP contribution is 2.13. The van der Waals surface area contributed by atoms with Gasteiger partial charge in [-0.3, -0.25) is 0 Å². The molecule has 2 aliphatic rings. The van der Waals surface area contributed by atoms with Crippen LogP contribution in [0.3, 0.4) is 0 Å². The molecular weight excluding hydrogens is 330 g/mol. The molecule has 0 aliphatic carbocycles. The number of hydrogen-bond acceptors (Lipinski definition) is 1. The van der Waals surface area contributed by atoms with Crippen LogP contribution in [-0.4, -0.2) is 45.3 Å². The van der Waals surface area contributed by atoms with E-state index in [4.69, 9.17) is 0 Å². The molecule has 0 spiro atoms. The van der Waals surface area contributed by atoms with Crippen molar-refractivity contribution >= 4 is 5.69 Å². The zero-order valence-corrected chi connectivity index (χ0v) is 16.8. The molecule has 2 aliphatic heterocycles. The maximum atomic E-state index is 2.56. The SMILES string of the molecule is CCc1ccc(C[NH+]2CCC([NH+]3CCN(c4ccccc4)CC3)CC2)cc1. The second kappa shape index (κ2) is 8.90. The van der Waals surface area contributed by atoms with Crippen LogP contribution in [0.15, 0.2) is 54.6 Å². The first-order valence-corrected chi connectivity index (χ1v) is 10.9. The molecule has 2 N–H and O–H groups in total. The summed E-state index contributed by atoms with van der Waals surface area (Å²) in [6, 6.07) is 21.1. The average Bonchev–Trinajstić information content (AvgIpc) is 2.76. The molecule has 0 radical (unpaired) electrons. The fourth-order valence-corrected chi connectivity index (χ4v) is 4.89. The lowest BCUT2D eigenvalue weighted by molar-refractivity contribution is -0.963. The third kappa shape index (κ3) is 4.72. The Labute approximate surface area is 164 Å². The lowest BCUT2D eigenvalue weighted by Gasteiger charge is -2.39. The number of nitrogens with one attached hydrogen (secondary N) is 2. The van der Waals surface area contributed by atoms with E-state index in [0.717, 1.165) is 12.5 Å². The van der Waals surface area contributed by atoms with Gasteiger partial charge in [0.05, 0.1) is 45.3 Å². The molecule has 3 nitrogen and oxygen atoms in total. The molecule has 2 aromatic rings. The Morgan fingerprint density at radius 2 is 1.44 bits per heavy atom. The summed E-state index contributed by atoms with van der Waals surface area (Å²) in [5.74, 6) is 0. The van der Waals surface area contributed by atoms with Gasteiger partial charge < -0.3 is 14.7 Å². The van der Waals surface area contributed by atoms with Crippen molar-refractivity contribution in [3.63, 3.8) is 0 Å². The van der Waals surface area contributed by atoms with Crippen molar-refractivity contribution in [1.82, 2.24) is 0 Å². The number of piperidine rings is 1. The van der Waals surface area contributed by atoms with Crippen LogP contribution >= 0.6 is 0 Å². The molecule has 0 amide bonds. The van der Waals surface area contributed by atoms with E-state index in [0.29, 0.717) is 0 Å². The molecule has 27 heavy (non-hydrogen) atoms. The van der Waals surface area contributed by atoms with E-state index in [-0.39, 0.29) is 0 Å². The van der Waals surface area contributed by atoms with Crippen LogP contribution in [0, 0.1) is 0 Å². The Hall–Kier alpha value is -1.84. The number of piperazine rings is 1. The van der Waals surface area contributed by atoms with E-state index >= 15 is 0 Å². The lowest BCUT2D eigenvalue weighted by Crippen LogP contribution is -3.21. The molecule has 2 heterocycles. The molecule has 3 heteroatoms. The van der Waals surface area contributed by atoms with Gasteiger partial charge in [-0.25, -0.2) is 0 Å². The Morgan fingerprint density at radius 3 is 2.07 bits per heavy atom. The van der Waals surface area contributed by atoms with Gasteiger partial charge in [0.15, 0.2) is 0 Å². The standard InChI is InChI=1S/C24H33N3/c1-2-21-8-10-22(11-9-21)20-25-14-12-24(13-15-25)27-18-16-26(17-19-27)23-6-4-3-5-7-23/h3-11,24H,2,12-20H2,1H3/p+2. The van der Waals surface area contributed by atoms with E-state index in [1.807, 2.05) is 4.90 Å². The topological polar surface area (TPSA) is 12.1 Å². The van der Waals surface area contributed by atoms with E-state index in [1.165, 1.54) is 75.5 Å². The molecule has 2 fully saturated rings. The number of rotatable bonds is 5. The van der Waals surface area contributed by atoms with Gasteiger partial charge in [-0.05, 0) is 24.1 Å². The highest BCUT2D eigenvalue weighted by molar-refractivity contribution is 5.46. The molecule has 144 valence electrons. The van der Waals surface area contributed by atoms with Crippen molar-refractivity contribution in [2.24, 2.45) is 0 Å². The van der Waals surface area contributed by atoms with Crippen molar-refractivity contribution in [1.29, 1.82) is 0 Å². The lowest BCUT2D eigenvalue weighted by atomic mass is 10.0. The third-order valence-electron chi connectivity index (χ3n) is 6.68. The van der Waals surface area contributed by atoms with Gasteiger partial charge in [-0.15, -0.1) is 0 Å². The van der Waals surface area contributed by atoms with Crippen molar-refractivity contribution in [2.45, 2.75) is 38.8 Å². The number of anilines is 1. The minimum Gasteiger partial charge on any atom is -0.360 e. The molecule has 0 saturated carbocycles. The fraction of sp³-hybridized carbons (Fsp3) is 0.500. The van der Waals surface area contributed by atoms with Crippen molar-refractivity contribution in [3.8, 4) is 0 Å². The molecule has 0 bridgehead atoms. The normalized spacial score (nSPS) is 24.1. The minimum absolute atomic E-state index is 0.883. The maximum Gasteiger partial charge on any atom is 0.103 e. The largest absolute Gasteiger partial charge is 0.360 e. The van der Waals surface area contributed by atoms with Gasteiger partial charge in [-0.1, -0.05) is 49.4 Å². The fourth-order valence-electron chi connectivity index (χ4n) is 4.89. The summed E-state index contributed by atoms with van der Waals surface area (Å²) in [6.45, 7) is 11.1. The number of nitrogens with zero attached hydrogens (tertiary/aromatic N) is 1. The highest BCUT2D eigenvalue weighted by atomic mass is 15.3. The molecule has 2 aromatic carbocycles. The first kappa shape index (κ1) is 18.5. The van der Waals surface area contributed by atoms with Crippen LogP contribution in [0.1, 0.15) is 30.9 Å². The Balaban J connectivity index is 1.22. The molecular formula is C24H35N3+2. The average molecular weight is 366 g/mol. The predicted octanol–water partition coefficient (Wildman–Crippen LogP) is 1.20. The van der Waals surface area contributed by atoms with Crippen LogP contribution < -0.4 is 14.7 Å². The summed E-state index contributed by atoms with van der Waals surface area (Å²) < 4.78 is 0. The molecule has 2 saturated heterocycles. The quantitative estimate of drug-likeness (QED) is 0.812. The van der Waals surface area contributed by atoms with Gasteiger partial charge in [0.2, 0.25) is 0 Å². The van der Waals surface area contributed by atoms with Gasteiger partial charge >= 0.3 is 0 Å². The Morgan fingerprint density at radius 1 is 0.815 bits per heavy atom. The third-order valence-corrected chi connectivity index (χ3v) is 6.68. The summed E-state index contributed by atoms with van der Waals surface area (Å²) in [4.78, 5) is 6.19. The highest BCUT2D eigenvalue weighted by Gasteiger charge is 2.32. The summed E-state index contributed by atoms with van der Waals surface area (Å²) in [6.07, 6.45) is 3.92. The van der Waals surface area contributed by atoms with Gasteiger partial charge in [0.25, 0.3) is 0 Å². The number of aryl methyl sites for hydroxylation is 1. The van der Waals surface area contributed by atoms with Crippen molar-refractivity contribution in [2.75, 3.05) is 44.2 Å². The van der Waals surface area contributed by atoms with Crippen LogP contribution in [0.5, 0.6) is 0 Å². The number of hydrogen-bond donors (Lipinski definition) is 2. The zero-order valence-electron chi connectivity index (χ0n) is 16.8. The second-order valence-corrected chi connectivity index (χ2v) is 8.35. The van der Waals surface area contributed by atoms with E-state index in [2.05, 4.69) is 66.4 Å². The molecule has 0 aromatic heterocycles. The first-order valence-electron chi connectivity index (χ1n) is 10.9. The van der Waals surface area contributed by atoms with Crippen molar-refractivity contribution in [3.05, 3.63) is 65.7 Å². The van der Waals surface area contributed by atoms with Crippen LogP contribution in [0.2, 0.25) is 0 Å². The van der Waals surface area contributed by atoms with Crippen LogP contribution in [0.4, 0.5) is 5.69 Å². The number of quaternary nitrogens is 2. The summed E-state index contributed by atoms with van der Waals surface area (Å²) in [5.41, 5.74) is 4.35. The predicted molar refractivity (Wildman–Crippen MR) is 113 cm³/mol. The maximum absolute atomic E-state index is 2.56. The van der Waals surface area contributed by atoms with Crippen molar-refractivity contribution < 1.29 is 9.80 Å². The van der Waals surface area contributed by atoms with Gasteiger partial charge in [0.1, 0.15) is 6.54 Å². The first-order chi connectivity index (χ1) is 13.3. The monoisotopic (exact) mass is 365 g/mol. The van der Waals surface area contributed by atoms with Gasteiger partial charge in [-0.2, -0.15) is 0 Å².